The number of carboxylic acid groups (broad SMARTS) is 1. The first-order chi connectivity index (χ1) is 8.11. The minimum atomic E-state index is -1.01. The Bertz CT molecular complexity index is 270. The van der Waals surface area contributed by atoms with Gasteiger partial charge >= 0.3 is 5.97 Å². The molecule has 2 atom stereocenters. The van der Waals surface area contributed by atoms with Crippen molar-refractivity contribution in [1.29, 1.82) is 0 Å². The highest BCUT2D eigenvalue weighted by atomic mass is 16.5. The van der Waals surface area contributed by atoms with E-state index in [1.54, 1.807) is 0 Å². The van der Waals surface area contributed by atoms with E-state index >= 15 is 0 Å². The zero-order valence-electron chi connectivity index (χ0n) is 9.85. The largest absolute Gasteiger partial charge is 0.480 e. The maximum absolute atomic E-state index is 11.7. The first-order valence-corrected chi connectivity index (χ1v) is 5.94. The molecule has 1 saturated carbocycles. The van der Waals surface area contributed by atoms with E-state index in [0.717, 1.165) is 25.7 Å². The molecule has 1 rings (SSSR count). The van der Waals surface area contributed by atoms with E-state index in [1.807, 2.05) is 0 Å². The first kappa shape index (κ1) is 13.9. The van der Waals surface area contributed by atoms with E-state index in [9.17, 15) is 9.59 Å². The molecule has 1 amide bonds. The van der Waals surface area contributed by atoms with Gasteiger partial charge in [-0.05, 0) is 12.8 Å². The smallest absolute Gasteiger partial charge is 0.329 e. The molecule has 0 saturated heterocycles. The molecular weight excluding hydrogens is 224 g/mol. The van der Waals surface area contributed by atoms with Gasteiger partial charge in [0.15, 0.2) is 0 Å². The Morgan fingerprint density at radius 3 is 2.71 bits per heavy atom. The van der Waals surface area contributed by atoms with Gasteiger partial charge in [-0.25, -0.2) is 4.79 Å². The number of rotatable bonds is 6. The van der Waals surface area contributed by atoms with Crippen LogP contribution in [0, 0.1) is 5.92 Å². The van der Waals surface area contributed by atoms with E-state index in [1.165, 1.54) is 0 Å². The minimum Gasteiger partial charge on any atom is -0.480 e. The second-order valence-electron chi connectivity index (χ2n) is 4.29. The van der Waals surface area contributed by atoms with Gasteiger partial charge in [0.05, 0.1) is 12.5 Å². The van der Waals surface area contributed by atoms with Crippen LogP contribution in [0.4, 0.5) is 0 Å². The van der Waals surface area contributed by atoms with Crippen LogP contribution in [-0.4, -0.2) is 42.8 Å². The van der Waals surface area contributed by atoms with Crippen LogP contribution >= 0.6 is 0 Å². The second-order valence-corrected chi connectivity index (χ2v) is 4.29. The zero-order chi connectivity index (χ0) is 12.7. The van der Waals surface area contributed by atoms with Crippen molar-refractivity contribution < 1.29 is 19.4 Å². The molecule has 0 spiro atoms. The van der Waals surface area contributed by atoms with Crippen molar-refractivity contribution in [2.24, 2.45) is 11.7 Å². The molecule has 6 nitrogen and oxygen atoms in total. The van der Waals surface area contributed by atoms with E-state index in [2.05, 4.69) is 5.32 Å². The van der Waals surface area contributed by atoms with Gasteiger partial charge in [-0.1, -0.05) is 12.8 Å². The number of nitrogens with two attached hydrogens (primary N) is 1. The standard InChI is InChI=1S/C11H20N2O4/c12-9-4-2-1-3-8(9)11(16)13-5-6-17-7-10(14)15/h8-9H,1-7,12H2,(H,13,16)(H,14,15). The molecule has 1 aliphatic carbocycles. The fourth-order valence-corrected chi connectivity index (χ4v) is 2.02. The normalized spacial score (nSPS) is 24.3. The van der Waals surface area contributed by atoms with Crippen LogP contribution in [0.15, 0.2) is 0 Å². The minimum absolute atomic E-state index is 0.0453. The van der Waals surface area contributed by atoms with Crippen molar-refractivity contribution in [3.05, 3.63) is 0 Å². The van der Waals surface area contributed by atoms with Crippen molar-refractivity contribution in [1.82, 2.24) is 5.32 Å². The number of carbonyl (C=O) groups is 2. The monoisotopic (exact) mass is 244 g/mol. The number of hydrogen-bond acceptors (Lipinski definition) is 4. The number of carboxylic acids is 1. The third-order valence-electron chi connectivity index (χ3n) is 2.93. The van der Waals surface area contributed by atoms with Crippen molar-refractivity contribution in [2.45, 2.75) is 31.7 Å². The van der Waals surface area contributed by atoms with E-state index in [4.69, 9.17) is 15.6 Å². The molecule has 2 unspecified atom stereocenters. The zero-order valence-corrected chi connectivity index (χ0v) is 9.85. The van der Waals surface area contributed by atoms with Crippen LogP contribution in [0.25, 0.3) is 0 Å². The van der Waals surface area contributed by atoms with Gasteiger partial charge in [0.1, 0.15) is 6.61 Å². The van der Waals surface area contributed by atoms with Crippen LogP contribution in [0.2, 0.25) is 0 Å². The Labute approximate surface area is 101 Å². The molecule has 0 heterocycles. The van der Waals surface area contributed by atoms with Gasteiger partial charge in [-0.3, -0.25) is 4.79 Å². The lowest BCUT2D eigenvalue weighted by Gasteiger charge is -2.27. The number of amides is 1. The van der Waals surface area contributed by atoms with Crippen LogP contribution in [0.5, 0.6) is 0 Å². The lowest BCUT2D eigenvalue weighted by atomic mass is 9.84. The number of aliphatic carboxylic acids is 1. The predicted octanol–water partition coefficient (Wildman–Crippen LogP) is -0.279. The van der Waals surface area contributed by atoms with E-state index in [0.29, 0.717) is 6.54 Å². The Morgan fingerprint density at radius 2 is 2.06 bits per heavy atom. The SMILES string of the molecule is NC1CCCCC1C(=O)NCCOCC(=O)O. The van der Waals surface area contributed by atoms with Gasteiger partial charge in [0, 0.05) is 12.6 Å². The fourth-order valence-electron chi connectivity index (χ4n) is 2.02. The third kappa shape index (κ3) is 5.14. The number of ether oxygens (including phenoxy) is 1. The molecule has 0 bridgehead atoms. The van der Waals surface area contributed by atoms with Gasteiger partial charge in [-0.15, -0.1) is 0 Å². The molecule has 1 fully saturated rings. The second kappa shape index (κ2) is 7.24. The average molecular weight is 244 g/mol. The Hall–Kier alpha value is -1.14. The Balaban J connectivity index is 2.13. The molecule has 0 aliphatic heterocycles. The summed E-state index contributed by atoms with van der Waals surface area (Å²) in [5.74, 6) is -1.16. The molecule has 0 aromatic rings. The molecular formula is C11H20N2O4. The number of nitrogens with one attached hydrogen (secondary N) is 1. The Kier molecular flexibility index (Phi) is 5.93. The fraction of sp³-hybridized carbons (Fsp3) is 0.818. The molecule has 17 heavy (non-hydrogen) atoms. The van der Waals surface area contributed by atoms with Crippen molar-refractivity contribution >= 4 is 11.9 Å². The summed E-state index contributed by atoms with van der Waals surface area (Å²) in [4.78, 5) is 21.9. The van der Waals surface area contributed by atoms with Crippen molar-refractivity contribution in [3.63, 3.8) is 0 Å². The van der Waals surface area contributed by atoms with Crippen molar-refractivity contribution in [2.75, 3.05) is 19.8 Å². The summed E-state index contributed by atoms with van der Waals surface area (Å²) in [6, 6.07) is -0.0521. The van der Waals surface area contributed by atoms with Gasteiger partial charge < -0.3 is 20.9 Å². The highest BCUT2D eigenvalue weighted by Crippen LogP contribution is 2.22. The van der Waals surface area contributed by atoms with E-state index < -0.39 is 5.97 Å². The first-order valence-electron chi connectivity index (χ1n) is 5.94. The highest BCUT2D eigenvalue weighted by Gasteiger charge is 2.27. The summed E-state index contributed by atoms with van der Waals surface area (Å²) in [6.45, 7) is 0.203. The average Bonchev–Trinajstić information content (AvgIpc) is 2.28. The van der Waals surface area contributed by atoms with Crippen LogP contribution in [-0.2, 0) is 14.3 Å². The Morgan fingerprint density at radius 1 is 1.35 bits per heavy atom. The summed E-state index contributed by atoms with van der Waals surface area (Å²) >= 11 is 0. The summed E-state index contributed by atoms with van der Waals surface area (Å²) in [6.07, 6.45) is 3.87. The molecule has 98 valence electrons. The molecule has 0 aromatic heterocycles. The molecule has 1 aliphatic rings. The summed E-state index contributed by atoms with van der Waals surface area (Å²) < 4.78 is 4.81. The summed E-state index contributed by atoms with van der Waals surface area (Å²) in [5, 5.41) is 11.1. The maximum Gasteiger partial charge on any atom is 0.329 e. The lowest BCUT2D eigenvalue weighted by molar-refractivity contribution is -0.142. The van der Waals surface area contributed by atoms with Crippen LogP contribution in [0.3, 0.4) is 0 Å². The number of hydrogen-bond donors (Lipinski definition) is 3. The highest BCUT2D eigenvalue weighted by molar-refractivity contribution is 5.79. The lowest BCUT2D eigenvalue weighted by Crippen LogP contribution is -2.44. The van der Waals surface area contributed by atoms with Crippen LogP contribution in [0.1, 0.15) is 25.7 Å². The maximum atomic E-state index is 11.7. The molecule has 6 heteroatoms. The van der Waals surface area contributed by atoms with E-state index in [-0.39, 0.29) is 31.1 Å². The molecule has 0 radical (unpaired) electrons. The predicted molar refractivity (Wildman–Crippen MR) is 61.4 cm³/mol. The van der Waals surface area contributed by atoms with Gasteiger partial charge in [0.25, 0.3) is 0 Å². The van der Waals surface area contributed by atoms with Gasteiger partial charge in [-0.2, -0.15) is 0 Å². The third-order valence-corrected chi connectivity index (χ3v) is 2.93. The van der Waals surface area contributed by atoms with Crippen molar-refractivity contribution in [3.8, 4) is 0 Å². The topological polar surface area (TPSA) is 102 Å². The quantitative estimate of drug-likeness (QED) is 0.558. The number of carbonyl (C=O) groups excluding carboxylic acids is 1. The van der Waals surface area contributed by atoms with Crippen LogP contribution < -0.4 is 11.1 Å². The molecule has 0 aromatic carbocycles. The summed E-state index contributed by atoms with van der Waals surface area (Å²) in [7, 11) is 0. The summed E-state index contributed by atoms with van der Waals surface area (Å²) in [5.41, 5.74) is 5.88. The van der Waals surface area contributed by atoms with Gasteiger partial charge in [0.2, 0.25) is 5.91 Å². The molecule has 4 N–H and O–H groups in total.